The maximum absolute atomic E-state index is 11.8. The van der Waals surface area contributed by atoms with Crippen LogP contribution in [0.3, 0.4) is 0 Å². The molecule has 2 aromatic rings. The molecule has 0 spiro atoms. The molecule has 0 atom stereocenters. The maximum atomic E-state index is 11.8. The second-order valence-electron chi connectivity index (χ2n) is 5.42. The van der Waals surface area contributed by atoms with Gasteiger partial charge in [-0.1, -0.05) is 0 Å². The number of pyridine rings is 1. The minimum Gasteiger partial charge on any atom is -0.329 e. The Hall–Kier alpha value is -2.43. The molecule has 0 radical (unpaired) electrons. The molecule has 1 aromatic heterocycles. The number of amides is 1. The van der Waals surface area contributed by atoms with Gasteiger partial charge in [-0.15, -0.1) is 0 Å². The largest absolute Gasteiger partial charge is 0.329 e. The molecule has 1 aromatic carbocycles. The summed E-state index contributed by atoms with van der Waals surface area (Å²) in [6.07, 6.45) is 3.34. The lowest BCUT2D eigenvalue weighted by Crippen LogP contribution is -2.15. The van der Waals surface area contributed by atoms with Gasteiger partial charge in [0.25, 0.3) is 0 Å². The zero-order valence-corrected chi connectivity index (χ0v) is 11.5. The summed E-state index contributed by atoms with van der Waals surface area (Å²) in [4.78, 5) is 36.6. The van der Waals surface area contributed by atoms with Crippen LogP contribution in [0.25, 0.3) is 10.9 Å². The van der Waals surface area contributed by atoms with Crippen molar-refractivity contribution in [3.8, 4) is 0 Å². The lowest BCUT2D eigenvalue weighted by atomic mass is 9.82. The van der Waals surface area contributed by atoms with Crippen LogP contribution in [0, 0.1) is 0 Å². The molecule has 21 heavy (non-hydrogen) atoms. The molecule has 0 unspecified atom stereocenters. The first-order chi connectivity index (χ1) is 10.2. The lowest BCUT2D eigenvalue weighted by molar-refractivity contribution is -0.120. The van der Waals surface area contributed by atoms with E-state index in [-0.39, 0.29) is 11.5 Å². The Labute approximate surface area is 121 Å². The predicted molar refractivity (Wildman–Crippen MR) is 80.5 cm³/mol. The number of nitrogens with one attached hydrogen (secondary N) is 2. The summed E-state index contributed by atoms with van der Waals surface area (Å²) in [5.41, 5.74) is 2.28. The summed E-state index contributed by atoms with van der Waals surface area (Å²) < 4.78 is 0. The number of aromatic amines is 1. The van der Waals surface area contributed by atoms with Gasteiger partial charge in [0.2, 0.25) is 12.0 Å². The second kappa shape index (κ2) is 5.52. The SMILES string of the molecule is O=CNc1ccc2[nH]c(=O)cc(C3CCC(=O)CC3)c2c1. The molecule has 1 aliphatic carbocycles. The monoisotopic (exact) mass is 284 g/mol. The van der Waals surface area contributed by atoms with Crippen molar-refractivity contribution in [2.45, 2.75) is 31.6 Å². The fraction of sp³-hybridized carbons (Fsp3) is 0.312. The van der Waals surface area contributed by atoms with Gasteiger partial charge < -0.3 is 10.3 Å². The Kier molecular flexibility index (Phi) is 3.56. The fourth-order valence-electron chi connectivity index (χ4n) is 3.03. The van der Waals surface area contributed by atoms with Gasteiger partial charge >= 0.3 is 0 Å². The first-order valence-electron chi connectivity index (χ1n) is 7.06. The van der Waals surface area contributed by atoms with Gasteiger partial charge in [-0.2, -0.15) is 0 Å². The summed E-state index contributed by atoms with van der Waals surface area (Å²) in [7, 11) is 0. The van der Waals surface area contributed by atoms with Crippen molar-refractivity contribution >= 4 is 28.8 Å². The van der Waals surface area contributed by atoms with Crippen molar-refractivity contribution in [3.05, 3.63) is 40.2 Å². The topological polar surface area (TPSA) is 79.0 Å². The van der Waals surface area contributed by atoms with E-state index in [9.17, 15) is 14.4 Å². The third kappa shape index (κ3) is 2.72. The Bertz CT molecular complexity index is 754. The molecule has 5 nitrogen and oxygen atoms in total. The number of aromatic nitrogens is 1. The summed E-state index contributed by atoms with van der Waals surface area (Å²) in [6, 6.07) is 7.03. The fourth-order valence-corrected chi connectivity index (χ4v) is 3.03. The van der Waals surface area contributed by atoms with E-state index in [2.05, 4.69) is 10.3 Å². The molecule has 1 saturated carbocycles. The third-order valence-electron chi connectivity index (χ3n) is 4.08. The van der Waals surface area contributed by atoms with E-state index in [0.717, 1.165) is 29.3 Å². The van der Waals surface area contributed by atoms with Gasteiger partial charge in [0.15, 0.2) is 0 Å². The van der Waals surface area contributed by atoms with Crippen molar-refractivity contribution in [2.75, 3.05) is 5.32 Å². The van der Waals surface area contributed by atoms with E-state index in [0.29, 0.717) is 30.7 Å². The van der Waals surface area contributed by atoms with E-state index in [1.54, 1.807) is 18.2 Å². The molecule has 1 aliphatic rings. The molecule has 5 heteroatoms. The number of benzene rings is 1. The van der Waals surface area contributed by atoms with Crippen molar-refractivity contribution in [1.82, 2.24) is 4.98 Å². The number of ketones is 1. The van der Waals surface area contributed by atoms with E-state index in [1.807, 2.05) is 6.07 Å². The highest BCUT2D eigenvalue weighted by molar-refractivity contribution is 5.88. The summed E-state index contributed by atoms with van der Waals surface area (Å²) in [6.45, 7) is 0. The summed E-state index contributed by atoms with van der Waals surface area (Å²) in [5, 5.41) is 3.56. The number of fused-ring (bicyclic) bond motifs is 1. The Balaban J connectivity index is 2.10. The molecule has 3 rings (SSSR count). The summed E-state index contributed by atoms with van der Waals surface area (Å²) >= 11 is 0. The van der Waals surface area contributed by atoms with Crippen LogP contribution in [0.4, 0.5) is 5.69 Å². The number of carbonyl (C=O) groups excluding carboxylic acids is 2. The number of hydrogen-bond donors (Lipinski definition) is 2. The average Bonchev–Trinajstić information content (AvgIpc) is 2.48. The number of Topliss-reactive ketones (excluding diaryl/α,β-unsaturated/α-hetero) is 1. The van der Waals surface area contributed by atoms with Crippen LogP contribution in [0.1, 0.15) is 37.2 Å². The molecule has 1 amide bonds. The summed E-state index contributed by atoms with van der Waals surface area (Å²) in [5.74, 6) is 0.516. The van der Waals surface area contributed by atoms with Crippen LogP contribution in [0.2, 0.25) is 0 Å². The van der Waals surface area contributed by atoms with E-state index < -0.39 is 0 Å². The quantitative estimate of drug-likeness (QED) is 0.849. The molecule has 2 N–H and O–H groups in total. The Morgan fingerprint density at radius 1 is 1.14 bits per heavy atom. The lowest BCUT2D eigenvalue weighted by Gasteiger charge is -2.22. The molecule has 0 bridgehead atoms. The smallest absolute Gasteiger partial charge is 0.248 e. The Morgan fingerprint density at radius 3 is 2.62 bits per heavy atom. The minimum absolute atomic E-state index is 0.134. The van der Waals surface area contributed by atoms with Crippen molar-refractivity contribution in [1.29, 1.82) is 0 Å². The highest BCUT2D eigenvalue weighted by Gasteiger charge is 2.22. The predicted octanol–water partition coefficient (Wildman–Crippen LogP) is 2.32. The van der Waals surface area contributed by atoms with Gasteiger partial charge in [-0.3, -0.25) is 14.4 Å². The van der Waals surface area contributed by atoms with Crippen LogP contribution in [-0.2, 0) is 9.59 Å². The van der Waals surface area contributed by atoms with Gasteiger partial charge in [0, 0.05) is 35.5 Å². The van der Waals surface area contributed by atoms with Crippen molar-refractivity contribution in [2.24, 2.45) is 0 Å². The van der Waals surface area contributed by atoms with E-state index in [1.165, 1.54) is 0 Å². The standard InChI is InChI=1S/C16H16N2O3/c19-9-17-11-3-6-15-14(7-11)13(8-16(21)18-15)10-1-4-12(20)5-2-10/h3,6-10H,1-2,4-5H2,(H,17,19)(H,18,21). The van der Waals surface area contributed by atoms with Crippen LogP contribution in [-0.4, -0.2) is 17.2 Å². The molecular formula is C16H16N2O3. The number of carbonyl (C=O) groups is 2. The van der Waals surface area contributed by atoms with Crippen LogP contribution in [0.15, 0.2) is 29.1 Å². The van der Waals surface area contributed by atoms with Crippen molar-refractivity contribution in [3.63, 3.8) is 0 Å². The first-order valence-corrected chi connectivity index (χ1v) is 7.06. The maximum Gasteiger partial charge on any atom is 0.248 e. The second-order valence-corrected chi connectivity index (χ2v) is 5.42. The average molecular weight is 284 g/mol. The zero-order chi connectivity index (χ0) is 14.8. The van der Waals surface area contributed by atoms with Crippen LogP contribution < -0.4 is 10.9 Å². The molecule has 0 saturated heterocycles. The number of rotatable bonds is 3. The highest BCUT2D eigenvalue weighted by Crippen LogP contribution is 2.34. The molecule has 108 valence electrons. The normalized spacial score (nSPS) is 16.1. The molecule has 0 aliphatic heterocycles. The molecular weight excluding hydrogens is 268 g/mol. The third-order valence-corrected chi connectivity index (χ3v) is 4.08. The first kappa shape index (κ1) is 13.5. The van der Waals surface area contributed by atoms with Gasteiger partial charge in [-0.05, 0) is 42.5 Å². The van der Waals surface area contributed by atoms with Crippen LogP contribution in [0.5, 0.6) is 0 Å². The number of anilines is 1. The van der Waals surface area contributed by atoms with E-state index >= 15 is 0 Å². The number of H-pyrrole nitrogens is 1. The van der Waals surface area contributed by atoms with Crippen LogP contribution >= 0.6 is 0 Å². The number of hydrogen-bond acceptors (Lipinski definition) is 3. The zero-order valence-electron chi connectivity index (χ0n) is 11.5. The van der Waals surface area contributed by atoms with Gasteiger partial charge in [-0.25, -0.2) is 0 Å². The molecule has 1 fully saturated rings. The molecule has 1 heterocycles. The van der Waals surface area contributed by atoms with Gasteiger partial charge in [0.1, 0.15) is 5.78 Å². The minimum atomic E-state index is -0.134. The van der Waals surface area contributed by atoms with E-state index in [4.69, 9.17) is 0 Å². The Morgan fingerprint density at radius 2 is 1.90 bits per heavy atom. The highest BCUT2D eigenvalue weighted by atomic mass is 16.1. The van der Waals surface area contributed by atoms with Gasteiger partial charge in [0.05, 0.1) is 0 Å². The van der Waals surface area contributed by atoms with Crippen molar-refractivity contribution < 1.29 is 9.59 Å².